The highest BCUT2D eigenvalue weighted by molar-refractivity contribution is 7.74. The van der Waals surface area contributed by atoms with Gasteiger partial charge in [-0.15, -0.1) is 0 Å². The van der Waals surface area contributed by atoms with Crippen LogP contribution in [0.5, 0.6) is 0 Å². The van der Waals surface area contributed by atoms with Gasteiger partial charge in [-0.3, -0.25) is 0 Å². The molecule has 1 unspecified atom stereocenters. The molecule has 0 saturated carbocycles. The average molecular weight is 149 g/mol. The first kappa shape index (κ1) is 9.39. The fourth-order valence-electron chi connectivity index (χ4n) is 0.542. The summed E-state index contributed by atoms with van der Waals surface area (Å²) in [6, 6.07) is 0. The summed E-state index contributed by atoms with van der Waals surface area (Å²) in [7, 11) is 1.06. The monoisotopic (exact) mass is 149 g/mol. The van der Waals surface area contributed by atoms with E-state index < -0.39 is 7.26 Å². The Morgan fingerprint density at radius 2 is 1.89 bits per heavy atom. The molecule has 0 aromatic heterocycles. The standard InChI is InChI=1S/C7H18OP/c1-6-9(4,5)7(2)8-3/h7H,6H2,1-5H3/q+1. The molecule has 0 bridgehead atoms. The predicted octanol–water partition coefficient (Wildman–Crippen LogP) is 2.28. The van der Waals surface area contributed by atoms with Crippen LogP contribution in [0.4, 0.5) is 0 Å². The van der Waals surface area contributed by atoms with E-state index in [1.165, 1.54) is 6.16 Å². The molecule has 0 aliphatic carbocycles. The van der Waals surface area contributed by atoms with Gasteiger partial charge in [-0.25, -0.2) is 0 Å². The maximum absolute atomic E-state index is 5.26. The first-order valence-electron chi connectivity index (χ1n) is 3.40. The van der Waals surface area contributed by atoms with Crippen LogP contribution in [-0.2, 0) is 4.74 Å². The van der Waals surface area contributed by atoms with Gasteiger partial charge in [0, 0.05) is 14.4 Å². The van der Waals surface area contributed by atoms with Crippen molar-refractivity contribution >= 4 is 7.26 Å². The number of ether oxygens (including phenoxy) is 1. The molecule has 0 aliphatic rings. The van der Waals surface area contributed by atoms with Gasteiger partial charge in [0.25, 0.3) is 0 Å². The van der Waals surface area contributed by atoms with Gasteiger partial charge in [-0.05, 0) is 13.8 Å². The SMILES string of the molecule is CC[P+](C)(C)C(C)OC. The second-order valence-corrected chi connectivity index (χ2v) is 7.85. The third-order valence-electron chi connectivity index (χ3n) is 2.14. The van der Waals surface area contributed by atoms with E-state index in [1.54, 1.807) is 7.11 Å². The lowest BCUT2D eigenvalue weighted by Gasteiger charge is -2.21. The Bertz CT molecular complexity index is 81.0. The molecule has 0 aromatic carbocycles. The maximum Gasteiger partial charge on any atom is 0.163 e. The third kappa shape index (κ3) is 2.64. The Morgan fingerprint density at radius 3 is 2.00 bits per heavy atom. The first-order chi connectivity index (χ1) is 4.04. The summed E-state index contributed by atoms with van der Waals surface area (Å²) >= 11 is 0. The summed E-state index contributed by atoms with van der Waals surface area (Å²) in [5, 5.41) is 0. The summed E-state index contributed by atoms with van der Waals surface area (Å²) in [6.07, 6.45) is 1.28. The minimum Gasteiger partial charge on any atom is -0.347 e. The van der Waals surface area contributed by atoms with Crippen LogP contribution in [0, 0.1) is 0 Å². The molecule has 0 amide bonds. The minimum absolute atomic E-state index is 0.475. The first-order valence-corrected chi connectivity index (χ1v) is 6.33. The van der Waals surface area contributed by atoms with E-state index in [4.69, 9.17) is 4.74 Å². The highest BCUT2D eigenvalue weighted by Gasteiger charge is 2.30. The Kier molecular flexibility index (Phi) is 3.68. The largest absolute Gasteiger partial charge is 0.347 e. The van der Waals surface area contributed by atoms with Crippen LogP contribution >= 0.6 is 7.26 Å². The molecule has 9 heavy (non-hydrogen) atoms. The highest BCUT2D eigenvalue weighted by atomic mass is 31.2. The fourth-order valence-corrected chi connectivity index (χ4v) is 1.63. The van der Waals surface area contributed by atoms with E-state index in [0.717, 1.165) is 0 Å². The van der Waals surface area contributed by atoms with Crippen molar-refractivity contribution < 1.29 is 4.74 Å². The molecule has 0 spiro atoms. The van der Waals surface area contributed by atoms with Crippen LogP contribution in [-0.4, -0.2) is 32.4 Å². The number of hydrogen-bond donors (Lipinski definition) is 0. The van der Waals surface area contributed by atoms with Gasteiger partial charge in [-0.1, -0.05) is 0 Å². The molecule has 0 heterocycles. The maximum atomic E-state index is 5.26. The molecule has 0 aromatic rings. The number of hydrogen-bond acceptors (Lipinski definition) is 1. The molecule has 0 radical (unpaired) electrons. The van der Waals surface area contributed by atoms with Crippen molar-refractivity contribution in [2.45, 2.75) is 19.7 Å². The Morgan fingerprint density at radius 1 is 1.44 bits per heavy atom. The van der Waals surface area contributed by atoms with Gasteiger partial charge in [0.15, 0.2) is 5.85 Å². The molecule has 0 saturated heterocycles. The van der Waals surface area contributed by atoms with Gasteiger partial charge in [-0.2, -0.15) is 0 Å². The lowest BCUT2D eigenvalue weighted by atomic mass is 10.9. The Balaban J connectivity index is 3.80. The van der Waals surface area contributed by atoms with Crippen molar-refractivity contribution in [1.82, 2.24) is 0 Å². The van der Waals surface area contributed by atoms with E-state index >= 15 is 0 Å². The quantitative estimate of drug-likeness (QED) is 0.559. The number of methoxy groups -OCH3 is 1. The van der Waals surface area contributed by atoms with E-state index in [-0.39, 0.29) is 0 Å². The van der Waals surface area contributed by atoms with Crippen LogP contribution in [0.1, 0.15) is 13.8 Å². The summed E-state index contributed by atoms with van der Waals surface area (Å²) in [5.74, 6) is 0.475. The van der Waals surface area contributed by atoms with Crippen molar-refractivity contribution in [1.29, 1.82) is 0 Å². The van der Waals surface area contributed by atoms with E-state index in [1.807, 2.05) is 0 Å². The van der Waals surface area contributed by atoms with Crippen molar-refractivity contribution in [3.8, 4) is 0 Å². The van der Waals surface area contributed by atoms with Crippen molar-refractivity contribution in [3.05, 3.63) is 0 Å². The summed E-state index contributed by atoms with van der Waals surface area (Å²) < 4.78 is 5.26. The average Bonchev–Trinajstić information content (AvgIpc) is 1.86. The Labute approximate surface area is 59.1 Å². The Hall–Kier alpha value is 0.390. The van der Waals surface area contributed by atoms with Crippen LogP contribution in [0.3, 0.4) is 0 Å². The molecular weight excluding hydrogens is 131 g/mol. The zero-order valence-electron chi connectivity index (χ0n) is 7.14. The molecule has 0 N–H and O–H groups in total. The predicted molar refractivity (Wildman–Crippen MR) is 45.8 cm³/mol. The zero-order chi connectivity index (χ0) is 7.49. The minimum atomic E-state index is -0.737. The highest BCUT2D eigenvalue weighted by Crippen LogP contribution is 2.55. The van der Waals surface area contributed by atoms with Gasteiger partial charge in [0.2, 0.25) is 0 Å². The molecule has 2 heteroatoms. The van der Waals surface area contributed by atoms with Gasteiger partial charge >= 0.3 is 0 Å². The summed E-state index contributed by atoms with van der Waals surface area (Å²) in [5.41, 5.74) is 0. The molecular formula is C7H18OP+. The fraction of sp³-hybridized carbons (Fsp3) is 1.00. The van der Waals surface area contributed by atoms with Crippen molar-refractivity contribution in [2.75, 3.05) is 26.6 Å². The molecule has 56 valence electrons. The number of rotatable bonds is 3. The van der Waals surface area contributed by atoms with Crippen molar-refractivity contribution in [2.24, 2.45) is 0 Å². The van der Waals surface area contributed by atoms with Crippen LogP contribution in [0.15, 0.2) is 0 Å². The van der Waals surface area contributed by atoms with Gasteiger partial charge in [0.05, 0.1) is 19.5 Å². The van der Waals surface area contributed by atoms with Gasteiger partial charge < -0.3 is 4.74 Å². The van der Waals surface area contributed by atoms with Crippen LogP contribution < -0.4 is 0 Å². The molecule has 1 nitrogen and oxygen atoms in total. The van der Waals surface area contributed by atoms with E-state index in [0.29, 0.717) is 5.85 Å². The van der Waals surface area contributed by atoms with Crippen LogP contribution in [0.2, 0.25) is 0 Å². The molecule has 0 fully saturated rings. The van der Waals surface area contributed by atoms with E-state index in [9.17, 15) is 0 Å². The normalized spacial score (nSPS) is 15.7. The third-order valence-corrected chi connectivity index (χ3v) is 5.95. The topological polar surface area (TPSA) is 9.23 Å². The molecule has 0 rings (SSSR count). The summed E-state index contributed by atoms with van der Waals surface area (Å²) in [4.78, 5) is 0. The lowest BCUT2D eigenvalue weighted by Crippen LogP contribution is -2.11. The molecule has 1 atom stereocenters. The van der Waals surface area contributed by atoms with Gasteiger partial charge in [0.1, 0.15) is 0 Å². The van der Waals surface area contributed by atoms with Crippen LogP contribution in [0.25, 0.3) is 0 Å². The second-order valence-electron chi connectivity index (χ2n) is 2.93. The molecule has 0 aliphatic heterocycles. The summed E-state index contributed by atoms with van der Waals surface area (Å²) in [6.45, 7) is 9.07. The second kappa shape index (κ2) is 3.53. The zero-order valence-corrected chi connectivity index (χ0v) is 8.03. The van der Waals surface area contributed by atoms with Crippen molar-refractivity contribution in [3.63, 3.8) is 0 Å². The smallest absolute Gasteiger partial charge is 0.163 e. The van der Waals surface area contributed by atoms with E-state index in [2.05, 4.69) is 27.2 Å². The lowest BCUT2D eigenvalue weighted by molar-refractivity contribution is 0.181.